The van der Waals surface area contributed by atoms with Gasteiger partial charge in [0.05, 0.1) is 6.04 Å². The second-order valence-electron chi connectivity index (χ2n) is 4.54. The van der Waals surface area contributed by atoms with Crippen LogP contribution in [0.4, 0.5) is 0 Å². The van der Waals surface area contributed by atoms with Gasteiger partial charge in [-0.3, -0.25) is 5.84 Å². The molecule has 0 aliphatic rings. The van der Waals surface area contributed by atoms with Crippen molar-refractivity contribution in [1.82, 2.24) is 5.43 Å². The molecular formula is C15H20N2O. The molecule has 3 N–H and O–H groups in total. The first-order chi connectivity index (χ1) is 8.72. The highest BCUT2D eigenvalue weighted by Crippen LogP contribution is 2.20. The summed E-state index contributed by atoms with van der Waals surface area (Å²) in [7, 11) is 0. The number of furan rings is 1. The first-order valence-electron chi connectivity index (χ1n) is 6.33. The fraction of sp³-hybridized carbons (Fsp3) is 0.333. The van der Waals surface area contributed by atoms with Gasteiger partial charge in [0.15, 0.2) is 0 Å². The Morgan fingerprint density at radius 1 is 1.11 bits per heavy atom. The summed E-state index contributed by atoms with van der Waals surface area (Å²) in [6.45, 7) is 4.10. The van der Waals surface area contributed by atoms with Gasteiger partial charge >= 0.3 is 0 Å². The Morgan fingerprint density at radius 2 is 1.78 bits per heavy atom. The molecule has 96 valence electrons. The minimum atomic E-state index is 0.0196. The minimum Gasteiger partial charge on any atom is -0.465 e. The van der Waals surface area contributed by atoms with Gasteiger partial charge in [0, 0.05) is 0 Å². The molecule has 0 saturated heterocycles. The van der Waals surface area contributed by atoms with Crippen molar-refractivity contribution in [2.45, 2.75) is 32.7 Å². The highest BCUT2D eigenvalue weighted by Gasteiger charge is 2.14. The zero-order chi connectivity index (χ0) is 13.0. The molecule has 0 spiro atoms. The molecule has 18 heavy (non-hydrogen) atoms. The Morgan fingerprint density at radius 3 is 2.28 bits per heavy atom. The molecule has 2 aromatic rings. The molecule has 3 nitrogen and oxygen atoms in total. The molecular weight excluding hydrogens is 224 g/mol. The number of nitrogens with two attached hydrogens (primary N) is 1. The van der Waals surface area contributed by atoms with E-state index in [1.807, 2.05) is 19.1 Å². The molecule has 2 rings (SSSR count). The van der Waals surface area contributed by atoms with Crippen molar-refractivity contribution >= 4 is 0 Å². The Kier molecular flexibility index (Phi) is 4.18. The Labute approximate surface area is 108 Å². The van der Waals surface area contributed by atoms with Gasteiger partial charge in [-0.05, 0) is 43.0 Å². The maximum absolute atomic E-state index is 5.61. The van der Waals surface area contributed by atoms with Gasteiger partial charge in [-0.15, -0.1) is 0 Å². The average Bonchev–Trinajstić information content (AvgIpc) is 2.83. The molecule has 0 bridgehead atoms. The molecule has 0 aliphatic heterocycles. The molecule has 1 aromatic carbocycles. The van der Waals surface area contributed by atoms with Crippen LogP contribution in [0, 0.1) is 6.92 Å². The van der Waals surface area contributed by atoms with Gasteiger partial charge in [-0.25, -0.2) is 5.43 Å². The van der Waals surface area contributed by atoms with Crippen LogP contribution in [0.2, 0.25) is 0 Å². The fourth-order valence-electron chi connectivity index (χ4n) is 2.03. The highest BCUT2D eigenvalue weighted by atomic mass is 16.3. The van der Waals surface area contributed by atoms with E-state index in [1.165, 1.54) is 11.1 Å². The van der Waals surface area contributed by atoms with Gasteiger partial charge in [0.1, 0.15) is 11.5 Å². The lowest BCUT2D eigenvalue weighted by atomic mass is 10.0. The number of hydrogen-bond donors (Lipinski definition) is 2. The van der Waals surface area contributed by atoms with Crippen LogP contribution in [0.1, 0.15) is 35.6 Å². The summed E-state index contributed by atoms with van der Waals surface area (Å²) in [5.74, 6) is 7.40. The predicted molar refractivity (Wildman–Crippen MR) is 73.0 cm³/mol. The van der Waals surface area contributed by atoms with E-state index in [4.69, 9.17) is 10.3 Å². The molecule has 1 unspecified atom stereocenters. The second kappa shape index (κ2) is 5.85. The van der Waals surface area contributed by atoms with Gasteiger partial charge in [-0.1, -0.05) is 31.2 Å². The summed E-state index contributed by atoms with van der Waals surface area (Å²) >= 11 is 0. The Hall–Kier alpha value is -1.58. The summed E-state index contributed by atoms with van der Waals surface area (Å²) in [5, 5.41) is 0. The van der Waals surface area contributed by atoms with Crippen LogP contribution in [-0.2, 0) is 12.8 Å². The van der Waals surface area contributed by atoms with E-state index in [1.54, 1.807) is 0 Å². The van der Waals surface area contributed by atoms with E-state index in [-0.39, 0.29) is 6.04 Å². The van der Waals surface area contributed by atoms with Crippen molar-refractivity contribution in [3.8, 4) is 0 Å². The van der Waals surface area contributed by atoms with E-state index < -0.39 is 0 Å². The van der Waals surface area contributed by atoms with E-state index >= 15 is 0 Å². The summed E-state index contributed by atoms with van der Waals surface area (Å²) < 4.78 is 5.61. The van der Waals surface area contributed by atoms with E-state index in [9.17, 15) is 0 Å². The monoisotopic (exact) mass is 244 g/mol. The van der Waals surface area contributed by atoms with Crippen LogP contribution in [-0.4, -0.2) is 0 Å². The third kappa shape index (κ3) is 3.00. The van der Waals surface area contributed by atoms with Gasteiger partial charge in [0.25, 0.3) is 0 Å². The van der Waals surface area contributed by atoms with Crippen LogP contribution in [0.5, 0.6) is 0 Å². The normalized spacial score (nSPS) is 12.6. The summed E-state index contributed by atoms with van der Waals surface area (Å²) in [6.07, 6.45) is 1.89. The zero-order valence-electron chi connectivity index (χ0n) is 10.9. The summed E-state index contributed by atoms with van der Waals surface area (Å²) in [4.78, 5) is 0. The standard InChI is InChI=1S/C15H20N2O/c1-3-12-5-7-13(8-6-12)10-14(17-16)15-9-4-11(2)18-15/h4-9,14,17H,3,10,16H2,1-2H3. The van der Waals surface area contributed by atoms with Crippen molar-refractivity contribution in [3.63, 3.8) is 0 Å². The third-order valence-electron chi connectivity index (χ3n) is 3.18. The number of aryl methyl sites for hydroxylation is 2. The zero-order valence-corrected chi connectivity index (χ0v) is 10.9. The van der Waals surface area contributed by atoms with Crippen molar-refractivity contribution in [2.75, 3.05) is 0 Å². The number of hydrogen-bond acceptors (Lipinski definition) is 3. The molecule has 0 radical (unpaired) electrons. The van der Waals surface area contributed by atoms with Crippen LogP contribution in [0.3, 0.4) is 0 Å². The van der Waals surface area contributed by atoms with Crippen molar-refractivity contribution in [1.29, 1.82) is 0 Å². The number of rotatable bonds is 5. The average molecular weight is 244 g/mol. The van der Waals surface area contributed by atoms with Crippen LogP contribution < -0.4 is 11.3 Å². The molecule has 1 heterocycles. The van der Waals surface area contributed by atoms with Gasteiger partial charge < -0.3 is 4.42 Å². The molecule has 3 heteroatoms. The predicted octanol–water partition coefficient (Wildman–Crippen LogP) is 2.90. The summed E-state index contributed by atoms with van der Waals surface area (Å²) in [5.41, 5.74) is 5.42. The van der Waals surface area contributed by atoms with Crippen LogP contribution in [0.15, 0.2) is 40.8 Å². The quantitative estimate of drug-likeness (QED) is 0.628. The highest BCUT2D eigenvalue weighted by molar-refractivity contribution is 5.24. The molecule has 1 aromatic heterocycles. The van der Waals surface area contributed by atoms with Crippen molar-refractivity contribution in [2.24, 2.45) is 5.84 Å². The molecule has 1 atom stereocenters. The minimum absolute atomic E-state index is 0.0196. The maximum atomic E-state index is 5.61. The number of benzene rings is 1. The van der Waals surface area contributed by atoms with Gasteiger partial charge in [-0.2, -0.15) is 0 Å². The van der Waals surface area contributed by atoms with Crippen molar-refractivity contribution in [3.05, 3.63) is 59.0 Å². The fourth-order valence-corrected chi connectivity index (χ4v) is 2.03. The SMILES string of the molecule is CCc1ccc(CC(NN)c2ccc(C)o2)cc1. The smallest absolute Gasteiger partial charge is 0.122 e. The summed E-state index contributed by atoms with van der Waals surface area (Å²) in [6, 6.07) is 12.6. The topological polar surface area (TPSA) is 51.2 Å². The lowest BCUT2D eigenvalue weighted by molar-refractivity contribution is 0.403. The lowest BCUT2D eigenvalue weighted by Crippen LogP contribution is -2.29. The number of nitrogens with one attached hydrogen (secondary N) is 1. The Balaban J connectivity index is 2.10. The molecule has 0 fully saturated rings. The largest absolute Gasteiger partial charge is 0.465 e. The number of hydrazine groups is 1. The molecule has 0 aliphatic carbocycles. The maximum Gasteiger partial charge on any atom is 0.122 e. The van der Waals surface area contributed by atoms with Gasteiger partial charge in [0.2, 0.25) is 0 Å². The van der Waals surface area contributed by atoms with Crippen LogP contribution >= 0.6 is 0 Å². The molecule has 0 amide bonds. The van der Waals surface area contributed by atoms with E-state index in [2.05, 4.69) is 36.6 Å². The first-order valence-corrected chi connectivity index (χ1v) is 6.33. The van der Waals surface area contributed by atoms with E-state index in [0.717, 1.165) is 24.4 Å². The first kappa shape index (κ1) is 12.9. The molecule has 0 saturated carbocycles. The Bertz CT molecular complexity index is 487. The third-order valence-corrected chi connectivity index (χ3v) is 3.18. The van der Waals surface area contributed by atoms with Crippen LogP contribution in [0.25, 0.3) is 0 Å². The van der Waals surface area contributed by atoms with E-state index in [0.29, 0.717) is 0 Å². The van der Waals surface area contributed by atoms with Crippen molar-refractivity contribution < 1.29 is 4.42 Å². The lowest BCUT2D eigenvalue weighted by Gasteiger charge is -2.13. The second-order valence-corrected chi connectivity index (χ2v) is 4.54.